The van der Waals surface area contributed by atoms with Gasteiger partial charge in [0.2, 0.25) is 0 Å². The van der Waals surface area contributed by atoms with Crippen molar-refractivity contribution in [3.63, 3.8) is 0 Å². The predicted molar refractivity (Wildman–Crippen MR) is 97.9 cm³/mol. The molecule has 1 saturated heterocycles. The first-order chi connectivity index (χ1) is 11.4. The van der Waals surface area contributed by atoms with Crippen molar-refractivity contribution in [1.82, 2.24) is 10.2 Å². The molecule has 1 heterocycles. The van der Waals surface area contributed by atoms with Crippen molar-refractivity contribution >= 4 is 6.09 Å². The minimum absolute atomic E-state index is 0.305. The Kier molecular flexibility index (Phi) is 7.10. The van der Waals surface area contributed by atoms with Crippen LogP contribution in [0.15, 0.2) is 30.3 Å². The van der Waals surface area contributed by atoms with Crippen LogP contribution in [0.1, 0.15) is 52.0 Å². The van der Waals surface area contributed by atoms with Crippen LogP contribution in [0.5, 0.6) is 0 Å². The number of rotatable bonds is 6. The van der Waals surface area contributed by atoms with Crippen LogP contribution in [-0.4, -0.2) is 36.2 Å². The van der Waals surface area contributed by atoms with Gasteiger partial charge >= 0.3 is 6.09 Å². The van der Waals surface area contributed by atoms with Crippen molar-refractivity contribution in [1.29, 1.82) is 0 Å². The number of piperidine rings is 1. The largest absolute Gasteiger partial charge is 0.444 e. The molecule has 1 fully saturated rings. The van der Waals surface area contributed by atoms with Gasteiger partial charge in [0.05, 0.1) is 0 Å². The lowest BCUT2D eigenvalue weighted by Crippen LogP contribution is -2.34. The second kappa shape index (κ2) is 9.07. The topological polar surface area (TPSA) is 41.6 Å². The first-order valence-corrected chi connectivity index (χ1v) is 9.15. The molecule has 1 N–H and O–H groups in total. The van der Waals surface area contributed by atoms with Crippen LogP contribution in [0, 0.1) is 5.92 Å². The summed E-state index contributed by atoms with van der Waals surface area (Å²) in [6.07, 6.45) is 4.44. The highest BCUT2D eigenvalue weighted by Crippen LogP contribution is 2.22. The average molecular weight is 332 g/mol. The minimum atomic E-state index is -0.421. The Morgan fingerprint density at radius 3 is 2.50 bits per heavy atom. The van der Waals surface area contributed by atoms with Crippen LogP contribution in [0.4, 0.5) is 4.79 Å². The molecule has 1 amide bonds. The summed E-state index contributed by atoms with van der Waals surface area (Å²) in [4.78, 5) is 14.1. The van der Waals surface area contributed by atoms with Crippen LogP contribution in [0.2, 0.25) is 0 Å². The highest BCUT2D eigenvalue weighted by Gasteiger charge is 2.19. The van der Waals surface area contributed by atoms with Gasteiger partial charge in [0.1, 0.15) is 5.60 Å². The van der Waals surface area contributed by atoms with Gasteiger partial charge in [0.15, 0.2) is 0 Å². The van der Waals surface area contributed by atoms with Crippen LogP contribution in [0.3, 0.4) is 0 Å². The van der Waals surface area contributed by atoms with Crippen molar-refractivity contribution in [3.8, 4) is 0 Å². The third-order valence-electron chi connectivity index (χ3n) is 4.41. The van der Waals surface area contributed by atoms with E-state index < -0.39 is 5.60 Å². The Morgan fingerprint density at radius 1 is 1.21 bits per heavy atom. The molecule has 0 aliphatic carbocycles. The van der Waals surface area contributed by atoms with E-state index >= 15 is 0 Å². The molecular formula is C20H32N2O2. The van der Waals surface area contributed by atoms with E-state index in [9.17, 15) is 4.79 Å². The quantitative estimate of drug-likeness (QED) is 0.794. The Bertz CT molecular complexity index is 488. The molecule has 134 valence electrons. The summed E-state index contributed by atoms with van der Waals surface area (Å²) >= 11 is 0. The number of ether oxygens (including phenoxy) is 1. The summed E-state index contributed by atoms with van der Waals surface area (Å²) in [5, 5.41) is 2.85. The minimum Gasteiger partial charge on any atom is -0.444 e. The van der Waals surface area contributed by atoms with Gasteiger partial charge in [0, 0.05) is 13.1 Å². The van der Waals surface area contributed by atoms with Crippen LogP contribution < -0.4 is 5.32 Å². The molecule has 0 atom stereocenters. The van der Waals surface area contributed by atoms with Crippen molar-refractivity contribution in [2.45, 2.75) is 58.6 Å². The van der Waals surface area contributed by atoms with Crippen molar-refractivity contribution in [3.05, 3.63) is 35.9 Å². The maximum absolute atomic E-state index is 11.6. The summed E-state index contributed by atoms with van der Waals surface area (Å²) in [5.74, 6) is 0.789. The summed E-state index contributed by atoms with van der Waals surface area (Å²) in [5.41, 5.74) is 0.980. The van der Waals surface area contributed by atoms with Crippen molar-refractivity contribution < 1.29 is 9.53 Å². The van der Waals surface area contributed by atoms with Crippen molar-refractivity contribution in [2.75, 3.05) is 19.6 Å². The van der Waals surface area contributed by atoms with E-state index in [0.29, 0.717) is 6.54 Å². The van der Waals surface area contributed by atoms with E-state index in [4.69, 9.17) is 4.74 Å². The van der Waals surface area contributed by atoms with Gasteiger partial charge in [-0.05, 0) is 71.0 Å². The Morgan fingerprint density at radius 2 is 1.88 bits per heavy atom. The van der Waals surface area contributed by atoms with E-state index in [1.54, 1.807) is 0 Å². The van der Waals surface area contributed by atoms with E-state index in [1.807, 2.05) is 20.8 Å². The fourth-order valence-corrected chi connectivity index (χ4v) is 3.17. The normalized spacial score (nSPS) is 16.8. The Hall–Kier alpha value is -1.55. The zero-order valence-corrected chi connectivity index (χ0v) is 15.4. The molecular weight excluding hydrogens is 300 g/mol. The summed E-state index contributed by atoms with van der Waals surface area (Å²) in [7, 11) is 0. The van der Waals surface area contributed by atoms with Gasteiger partial charge < -0.3 is 10.1 Å². The van der Waals surface area contributed by atoms with Crippen LogP contribution >= 0.6 is 0 Å². The third-order valence-corrected chi connectivity index (χ3v) is 4.41. The molecule has 24 heavy (non-hydrogen) atoms. The molecule has 1 aromatic carbocycles. The van der Waals surface area contributed by atoms with Crippen molar-refractivity contribution in [2.24, 2.45) is 5.92 Å². The van der Waals surface area contributed by atoms with Gasteiger partial charge in [-0.2, -0.15) is 0 Å². The zero-order valence-electron chi connectivity index (χ0n) is 15.4. The second-order valence-corrected chi connectivity index (χ2v) is 7.78. The fourth-order valence-electron chi connectivity index (χ4n) is 3.17. The molecule has 0 saturated carbocycles. The molecule has 4 heteroatoms. The first kappa shape index (κ1) is 18.8. The molecule has 4 nitrogen and oxygen atoms in total. The lowest BCUT2D eigenvalue weighted by atomic mass is 9.92. The van der Waals surface area contributed by atoms with E-state index in [2.05, 4.69) is 40.5 Å². The molecule has 0 spiro atoms. The number of hydrogen-bond acceptors (Lipinski definition) is 3. The Balaban J connectivity index is 1.56. The lowest BCUT2D eigenvalue weighted by Gasteiger charge is -2.32. The molecule has 1 aliphatic rings. The molecule has 2 rings (SSSR count). The summed E-state index contributed by atoms with van der Waals surface area (Å²) in [6, 6.07) is 10.7. The molecule has 0 aromatic heterocycles. The van der Waals surface area contributed by atoms with Gasteiger partial charge in [-0.3, -0.25) is 4.90 Å². The summed E-state index contributed by atoms with van der Waals surface area (Å²) < 4.78 is 5.24. The van der Waals surface area contributed by atoms with E-state index in [-0.39, 0.29) is 6.09 Å². The Labute approximate surface area is 146 Å². The summed E-state index contributed by atoms with van der Waals surface area (Å²) in [6.45, 7) is 9.78. The maximum atomic E-state index is 11.6. The highest BCUT2D eigenvalue weighted by atomic mass is 16.6. The number of likely N-dealkylation sites (tertiary alicyclic amines) is 1. The number of benzene rings is 1. The van der Waals surface area contributed by atoms with Crippen LogP contribution in [0.25, 0.3) is 0 Å². The number of alkyl carbamates (subject to hydrolysis) is 1. The number of hydrogen-bond donors (Lipinski definition) is 1. The molecule has 0 radical (unpaired) electrons. The molecule has 0 bridgehead atoms. The van der Waals surface area contributed by atoms with Gasteiger partial charge in [-0.15, -0.1) is 0 Å². The first-order valence-electron chi connectivity index (χ1n) is 9.15. The third kappa shape index (κ3) is 7.35. The second-order valence-electron chi connectivity index (χ2n) is 7.78. The molecule has 0 unspecified atom stereocenters. The lowest BCUT2D eigenvalue weighted by molar-refractivity contribution is 0.0525. The monoisotopic (exact) mass is 332 g/mol. The fraction of sp³-hybridized carbons (Fsp3) is 0.650. The standard InChI is InChI=1S/C20H32N2O2/c1-20(2,3)24-19(23)21-13-7-10-17-11-14-22(15-12-17)16-18-8-5-4-6-9-18/h4-6,8-9,17H,7,10-16H2,1-3H3,(H,21,23). The number of nitrogens with one attached hydrogen (secondary N) is 1. The maximum Gasteiger partial charge on any atom is 0.407 e. The smallest absolute Gasteiger partial charge is 0.407 e. The van der Waals surface area contributed by atoms with Gasteiger partial charge in [-0.25, -0.2) is 4.79 Å². The highest BCUT2D eigenvalue weighted by molar-refractivity contribution is 5.67. The predicted octanol–water partition coefficient (Wildman–Crippen LogP) is 4.20. The van der Waals surface area contributed by atoms with E-state index in [1.165, 1.54) is 37.9 Å². The van der Waals surface area contributed by atoms with E-state index in [0.717, 1.165) is 18.9 Å². The van der Waals surface area contributed by atoms with Crippen LogP contribution in [-0.2, 0) is 11.3 Å². The van der Waals surface area contributed by atoms with Gasteiger partial charge in [0.25, 0.3) is 0 Å². The number of nitrogens with zero attached hydrogens (tertiary/aromatic N) is 1. The number of carbonyl (C=O) groups excluding carboxylic acids is 1. The molecule has 1 aromatic rings. The average Bonchev–Trinajstić information content (AvgIpc) is 2.52. The SMILES string of the molecule is CC(C)(C)OC(=O)NCCCC1CCN(Cc2ccccc2)CC1. The zero-order chi connectivity index (χ0) is 17.4. The molecule has 1 aliphatic heterocycles. The number of amides is 1. The number of carbonyl (C=O) groups is 1. The van der Waals surface area contributed by atoms with Gasteiger partial charge in [-0.1, -0.05) is 30.3 Å².